The Morgan fingerprint density at radius 1 is 1.38 bits per heavy atom. The Labute approximate surface area is 101 Å². The molecule has 1 amide bonds. The Kier molecular flexibility index (Phi) is 2.70. The number of benzene rings is 1. The van der Waals surface area contributed by atoms with E-state index in [1.54, 1.807) is 0 Å². The standard InChI is InChI=1S/C13H16ClNO/c1-13(2,3)9-7-11(16)15-12-8(9)5-4-6-10(12)14/h4-6,9H,7H2,1-3H3,(H,15,16). The van der Waals surface area contributed by atoms with Crippen molar-refractivity contribution in [2.75, 3.05) is 5.32 Å². The van der Waals surface area contributed by atoms with E-state index in [-0.39, 0.29) is 17.2 Å². The van der Waals surface area contributed by atoms with Crippen molar-refractivity contribution < 1.29 is 4.79 Å². The van der Waals surface area contributed by atoms with Crippen LogP contribution in [0.15, 0.2) is 18.2 Å². The van der Waals surface area contributed by atoms with Gasteiger partial charge >= 0.3 is 0 Å². The SMILES string of the molecule is CC(C)(C)C1CC(=O)Nc2c(Cl)cccc21. The van der Waals surface area contributed by atoms with E-state index in [0.717, 1.165) is 11.3 Å². The fourth-order valence-corrected chi connectivity index (χ4v) is 2.45. The van der Waals surface area contributed by atoms with Crippen LogP contribution in [0.25, 0.3) is 0 Å². The highest BCUT2D eigenvalue weighted by molar-refractivity contribution is 6.34. The van der Waals surface area contributed by atoms with Crippen LogP contribution < -0.4 is 5.32 Å². The first kappa shape index (κ1) is 11.5. The number of anilines is 1. The molecule has 1 N–H and O–H groups in total. The van der Waals surface area contributed by atoms with Gasteiger partial charge in [-0.05, 0) is 23.0 Å². The number of hydrogen-bond acceptors (Lipinski definition) is 1. The fraction of sp³-hybridized carbons (Fsp3) is 0.462. The molecule has 1 unspecified atom stereocenters. The Balaban J connectivity index is 2.55. The average Bonchev–Trinajstić information content (AvgIpc) is 2.17. The van der Waals surface area contributed by atoms with Gasteiger partial charge in [-0.15, -0.1) is 0 Å². The first-order valence-corrected chi connectivity index (χ1v) is 5.85. The van der Waals surface area contributed by atoms with Gasteiger partial charge in [0.2, 0.25) is 5.91 Å². The molecule has 1 aliphatic rings. The lowest BCUT2D eigenvalue weighted by Gasteiger charge is -2.35. The van der Waals surface area contributed by atoms with Crippen LogP contribution in [0.2, 0.25) is 5.02 Å². The summed E-state index contributed by atoms with van der Waals surface area (Å²) in [5, 5.41) is 3.48. The van der Waals surface area contributed by atoms with Crippen LogP contribution in [0.1, 0.15) is 38.7 Å². The van der Waals surface area contributed by atoms with Crippen molar-refractivity contribution >= 4 is 23.2 Å². The molecule has 1 aliphatic heterocycles. The van der Waals surface area contributed by atoms with E-state index >= 15 is 0 Å². The molecule has 1 atom stereocenters. The number of para-hydroxylation sites is 1. The zero-order chi connectivity index (χ0) is 11.9. The summed E-state index contributed by atoms with van der Waals surface area (Å²) in [6, 6.07) is 5.81. The third-order valence-corrected chi connectivity index (χ3v) is 3.44. The van der Waals surface area contributed by atoms with Gasteiger partial charge in [0.05, 0.1) is 10.7 Å². The van der Waals surface area contributed by atoms with E-state index in [1.807, 2.05) is 12.1 Å². The molecular formula is C13H16ClNO. The molecule has 0 fully saturated rings. The Morgan fingerprint density at radius 2 is 2.06 bits per heavy atom. The van der Waals surface area contributed by atoms with E-state index in [0.29, 0.717) is 11.4 Å². The maximum atomic E-state index is 11.7. The highest BCUT2D eigenvalue weighted by Gasteiger charge is 2.34. The zero-order valence-electron chi connectivity index (χ0n) is 9.80. The van der Waals surface area contributed by atoms with Crippen molar-refractivity contribution in [1.82, 2.24) is 0 Å². The molecule has 86 valence electrons. The molecule has 0 aromatic heterocycles. The van der Waals surface area contributed by atoms with Crippen LogP contribution in [0, 0.1) is 5.41 Å². The van der Waals surface area contributed by atoms with Crippen molar-refractivity contribution in [2.24, 2.45) is 5.41 Å². The number of hydrogen-bond donors (Lipinski definition) is 1. The van der Waals surface area contributed by atoms with E-state index in [9.17, 15) is 4.79 Å². The molecule has 3 heteroatoms. The fourth-order valence-electron chi connectivity index (χ4n) is 2.22. The lowest BCUT2D eigenvalue weighted by atomic mass is 9.72. The Bertz CT molecular complexity index is 434. The molecule has 1 aromatic rings. The van der Waals surface area contributed by atoms with Crippen molar-refractivity contribution in [3.8, 4) is 0 Å². The summed E-state index contributed by atoms with van der Waals surface area (Å²) in [4.78, 5) is 11.7. The number of rotatable bonds is 0. The summed E-state index contributed by atoms with van der Waals surface area (Å²) in [6.45, 7) is 6.46. The third kappa shape index (κ3) is 1.94. The smallest absolute Gasteiger partial charge is 0.225 e. The second-order valence-corrected chi connectivity index (χ2v) is 5.78. The van der Waals surface area contributed by atoms with Crippen molar-refractivity contribution in [3.63, 3.8) is 0 Å². The van der Waals surface area contributed by atoms with Crippen LogP contribution in [-0.2, 0) is 4.79 Å². The van der Waals surface area contributed by atoms with Crippen LogP contribution >= 0.6 is 11.6 Å². The molecule has 0 saturated carbocycles. The van der Waals surface area contributed by atoms with Gasteiger partial charge in [0.1, 0.15) is 0 Å². The topological polar surface area (TPSA) is 29.1 Å². The summed E-state index contributed by atoms with van der Waals surface area (Å²) in [5.41, 5.74) is 2.01. The maximum absolute atomic E-state index is 11.7. The molecule has 0 radical (unpaired) electrons. The maximum Gasteiger partial charge on any atom is 0.225 e. The monoisotopic (exact) mass is 237 g/mol. The largest absolute Gasteiger partial charge is 0.325 e. The summed E-state index contributed by atoms with van der Waals surface area (Å²) in [7, 11) is 0. The second-order valence-electron chi connectivity index (χ2n) is 5.37. The van der Waals surface area contributed by atoms with Crippen LogP contribution in [-0.4, -0.2) is 5.91 Å². The average molecular weight is 238 g/mol. The van der Waals surface area contributed by atoms with Gasteiger partial charge in [-0.1, -0.05) is 44.5 Å². The van der Waals surface area contributed by atoms with Crippen molar-refractivity contribution in [3.05, 3.63) is 28.8 Å². The zero-order valence-corrected chi connectivity index (χ0v) is 10.6. The number of carbonyl (C=O) groups is 1. The molecule has 1 aromatic carbocycles. The van der Waals surface area contributed by atoms with Gasteiger partial charge in [-0.3, -0.25) is 4.79 Å². The molecule has 0 bridgehead atoms. The Morgan fingerprint density at radius 3 is 2.69 bits per heavy atom. The highest BCUT2D eigenvalue weighted by atomic mass is 35.5. The van der Waals surface area contributed by atoms with Crippen molar-refractivity contribution in [1.29, 1.82) is 0 Å². The van der Waals surface area contributed by atoms with Crippen LogP contribution in [0.4, 0.5) is 5.69 Å². The first-order chi connectivity index (χ1) is 7.39. The van der Waals surface area contributed by atoms with E-state index in [1.165, 1.54) is 0 Å². The van der Waals surface area contributed by atoms with Crippen LogP contribution in [0.3, 0.4) is 0 Å². The van der Waals surface area contributed by atoms with Gasteiger partial charge in [0.25, 0.3) is 0 Å². The van der Waals surface area contributed by atoms with Gasteiger partial charge in [0, 0.05) is 6.42 Å². The summed E-state index contributed by atoms with van der Waals surface area (Å²) in [6.07, 6.45) is 0.539. The van der Waals surface area contributed by atoms with E-state index < -0.39 is 0 Å². The number of halogens is 1. The summed E-state index contributed by atoms with van der Waals surface area (Å²) in [5.74, 6) is 0.287. The minimum Gasteiger partial charge on any atom is -0.325 e. The van der Waals surface area contributed by atoms with Gasteiger partial charge in [-0.2, -0.15) is 0 Å². The van der Waals surface area contributed by atoms with E-state index in [2.05, 4.69) is 32.2 Å². The number of carbonyl (C=O) groups excluding carboxylic acids is 1. The lowest BCUT2D eigenvalue weighted by molar-refractivity contribution is -0.117. The summed E-state index contributed by atoms with van der Waals surface area (Å²) < 4.78 is 0. The number of fused-ring (bicyclic) bond motifs is 1. The molecule has 16 heavy (non-hydrogen) atoms. The molecule has 2 nitrogen and oxygen atoms in total. The third-order valence-electron chi connectivity index (χ3n) is 3.12. The highest BCUT2D eigenvalue weighted by Crippen LogP contribution is 2.45. The molecular weight excluding hydrogens is 222 g/mol. The molecule has 2 rings (SSSR count). The molecule has 0 aliphatic carbocycles. The predicted octanol–water partition coefficient (Wildman–Crippen LogP) is 3.81. The molecule has 0 saturated heterocycles. The second kappa shape index (κ2) is 3.77. The lowest BCUT2D eigenvalue weighted by Crippen LogP contribution is -2.30. The minimum atomic E-state index is 0.0560. The van der Waals surface area contributed by atoms with Gasteiger partial charge in [-0.25, -0.2) is 0 Å². The predicted molar refractivity (Wildman–Crippen MR) is 66.9 cm³/mol. The van der Waals surface area contributed by atoms with Crippen LogP contribution in [0.5, 0.6) is 0 Å². The first-order valence-electron chi connectivity index (χ1n) is 5.48. The van der Waals surface area contributed by atoms with Gasteiger partial charge < -0.3 is 5.32 Å². The quantitative estimate of drug-likeness (QED) is 0.731. The normalized spacial score (nSPS) is 20.2. The summed E-state index contributed by atoms with van der Waals surface area (Å²) >= 11 is 6.11. The van der Waals surface area contributed by atoms with Crippen molar-refractivity contribution in [2.45, 2.75) is 33.1 Å². The van der Waals surface area contributed by atoms with Gasteiger partial charge in [0.15, 0.2) is 0 Å². The minimum absolute atomic E-state index is 0.0560. The number of amides is 1. The number of nitrogens with one attached hydrogen (secondary N) is 1. The molecule has 0 spiro atoms. The Hall–Kier alpha value is -1.02. The molecule has 1 heterocycles. The van der Waals surface area contributed by atoms with E-state index in [4.69, 9.17) is 11.6 Å².